The largest absolute Gasteiger partial charge is 0.495 e. The van der Waals surface area contributed by atoms with Gasteiger partial charge in [-0.1, -0.05) is 26.0 Å². The Morgan fingerprint density at radius 2 is 2.03 bits per heavy atom. The van der Waals surface area contributed by atoms with E-state index in [9.17, 15) is 19.7 Å². The minimum atomic E-state index is -0.789. The van der Waals surface area contributed by atoms with Gasteiger partial charge < -0.3 is 14.8 Å². The number of nitrogens with one attached hydrogen (secondary N) is 1. The van der Waals surface area contributed by atoms with Crippen molar-refractivity contribution in [2.75, 3.05) is 23.9 Å². The zero-order valence-corrected chi connectivity index (χ0v) is 16.2. The Bertz CT molecular complexity index is 959. The monoisotopic (exact) mass is 399 g/mol. The van der Waals surface area contributed by atoms with Gasteiger partial charge in [0.2, 0.25) is 5.91 Å². The van der Waals surface area contributed by atoms with E-state index < -0.39 is 22.8 Å². The number of benzene rings is 2. The Labute approximate surface area is 167 Å². The summed E-state index contributed by atoms with van der Waals surface area (Å²) in [6, 6.07) is 10.9. The van der Waals surface area contributed by atoms with E-state index in [4.69, 9.17) is 9.47 Å². The summed E-state index contributed by atoms with van der Waals surface area (Å²) in [6.45, 7) is 3.33. The van der Waals surface area contributed by atoms with Crippen LogP contribution in [0.3, 0.4) is 0 Å². The molecule has 1 N–H and O–H groups in total. The van der Waals surface area contributed by atoms with Crippen LogP contribution >= 0.6 is 0 Å². The van der Waals surface area contributed by atoms with Crippen LogP contribution in [0.1, 0.15) is 13.8 Å². The second-order valence-corrected chi connectivity index (χ2v) is 6.86. The van der Waals surface area contributed by atoms with Crippen LogP contribution in [0.5, 0.6) is 11.5 Å². The molecule has 1 heterocycles. The van der Waals surface area contributed by atoms with Gasteiger partial charge in [0.25, 0.3) is 11.6 Å². The molecule has 0 saturated carbocycles. The number of rotatable bonds is 6. The Morgan fingerprint density at radius 3 is 2.69 bits per heavy atom. The summed E-state index contributed by atoms with van der Waals surface area (Å²) in [5.41, 5.74) is 0.454. The molecular formula is C20H21N3O6. The normalized spacial score (nSPS) is 15.5. The molecule has 0 aliphatic carbocycles. The third kappa shape index (κ3) is 4.13. The molecule has 0 bridgehead atoms. The third-order valence-electron chi connectivity index (χ3n) is 4.50. The summed E-state index contributed by atoms with van der Waals surface area (Å²) in [6.07, 6.45) is -0.789. The van der Waals surface area contributed by atoms with Crippen molar-refractivity contribution in [3.05, 3.63) is 52.6 Å². The van der Waals surface area contributed by atoms with Gasteiger partial charge >= 0.3 is 0 Å². The summed E-state index contributed by atoms with van der Waals surface area (Å²) in [4.78, 5) is 37.4. The van der Waals surface area contributed by atoms with Crippen LogP contribution in [0, 0.1) is 16.0 Å². The van der Waals surface area contributed by atoms with Crippen LogP contribution in [0.2, 0.25) is 0 Å². The summed E-state index contributed by atoms with van der Waals surface area (Å²) in [5, 5.41) is 13.9. The van der Waals surface area contributed by atoms with Gasteiger partial charge in [0.1, 0.15) is 18.0 Å². The highest BCUT2D eigenvalue weighted by atomic mass is 16.6. The number of nitro groups is 1. The molecule has 9 nitrogen and oxygen atoms in total. The SMILES string of the molecule is COc1ccccc1NC(=O)CN1C(=O)C(C(C)C)Oc2ccc([N+](=O)[O-])cc21. The fraction of sp³-hybridized carbons (Fsp3) is 0.300. The zero-order chi connectivity index (χ0) is 21.1. The predicted octanol–water partition coefficient (Wildman–Crippen LogP) is 2.99. The molecule has 0 spiro atoms. The van der Waals surface area contributed by atoms with Gasteiger partial charge in [-0.3, -0.25) is 24.6 Å². The summed E-state index contributed by atoms with van der Waals surface area (Å²) in [5.74, 6) is -0.247. The van der Waals surface area contributed by atoms with E-state index in [1.54, 1.807) is 24.3 Å². The van der Waals surface area contributed by atoms with Gasteiger partial charge in [-0.15, -0.1) is 0 Å². The second kappa shape index (κ2) is 8.17. The van der Waals surface area contributed by atoms with E-state index in [-0.39, 0.29) is 23.8 Å². The second-order valence-electron chi connectivity index (χ2n) is 6.86. The van der Waals surface area contributed by atoms with Crippen LogP contribution in [0.15, 0.2) is 42.5 Å². The average molecular weight is 399 g/mol. The predicted molar refractivity (Wildman–Crippen MR) is 106 cm³/mol. The highest BCUT2D eigenvalue weighted by molar-refractivity contribution is 6.06. The van der Waals surface area contributed by atoms with Gasteiger partial charge in [0.15, 0.2) is 6.10 Å². The molecule has 1 unspecified atom stereocenters. The van der Waals surface area contributed by atoms with Gasteiger partial charge in [-0.2, -0.15) is 0 Å². The van der Waals surface area contributed by atoms with Crippen LogP contribution < -0.4 is 19.7 Å². The summed E-state index contributed by atoms with van der Waals surface area (Å²) in [7, 11) is 1.49. The number of methoxy groups -OCH3 is 1. The Balaban J connectivity index is 1.91. The molecule has 2 aromatic carbocycles. The summed E-state index contributed by atoms with van der Waals surface area (Å²) >= 11 is 0. The molecule has 0 radical (unpaired) electrons. The number of para-hydroxylation sites is 2. The van der Waals surface area contributed by atoms with Crippen LogP contribution in [-0.2, 0) is 9.59 Å². The van der Waals surface area contributed by atoms with Crippen molar-refractivity contribution in [3.63, 3.8) is 0 Å². The number of fused-ring (bicyclic) bond motifs is 1. The standard InChI is InChI=1S/C20H21N3O6/c1-12(2)19-20(25)22(15-10-13(23(26)27)8-9-17(15)29-19)11-18(24)21-14-6-4-5-7-16(14)28-3/h4-10,12,19H,11H2,1-3H3,(H,21,24). The molecular weight excluding hydrogens is 378 g/mol. The first kappa shape index (κ1) is 20.1. The molecule has 2 amide bonds. The molecule has 0 fully saturated rings. The highest BCUT2D eigenvalue weighted by Crippen LogP contribution is 2.38. The van der Waals surface area contributed by atoms with E-state index in [1.165, 1.54) is 30.2 Å². The molecule has 152 valence electrons. The van der Waals surface area contributed by atoms with Crippen molar-refractivity contribution in [3.8, 4) is 11.5 Å². The maximum Gasteiger partial charge on any atom is 0.271 e. The zero-order valence-electron chi connectivity index (χ0n) is 16.2. The van der Waals surface area contributed by atoms with Gasteiger partial charge in [-0.25, -0.2) is 0 Å². The van der Waals surface area contributed by atoms with E-state index >= 15 is 0 Å². The quantitative estimate of drug-likeness (QED) is 0.590. The highest BCUT2D eigenvalue weighted by Gasteiger charge is 2.38. The molecule has 29 heavy (non-hydrogen) atoms. The minimum absolute atomic E-state index is 0.148. The average Bonchev–Trinajstić information content (AvgIpc) is 2.69. The van der Waals surface area contributed by atoms with E-state index in [0.29, 0.717) is 17.2 Å². The number of ether oxygens (including phenoxy) is 2. The molecule has 1 aliphatic heterocycles. The first-order valence-electron chi connectivity index (χ1n) is 9.01. The summed E-state index contributed by atoms with van der Waals surface area (Å²) < 4.78 is 11.0. The number of amides is 2. The van der Waals surface area contributed by atoms with E-state index in [1.807, 2.05) is 13.8 Å². The molecule has 1 aliphatic rings. The number of non-ortho nitro benzene ring substituents is 1. The van der Waals surface area contributed by atoms with Crippen molar-refractivity contribution >= 4 is 28.9 Å². The number of carbonyl (C=O) groups is 2. The number of hydrogen-bond acceptors (Lipinski definition) is 6. The molecule has 0 saturated heterocycles. The molecule has 1 atom stereocenters. The van der Waals surface area contributed by atoms with Crippen LogP contribution in [-0.4, -0.2) is 36.5 Å². The Morgan fingerprint density at radius 1 is 1.31 bits per heavy atom. The molecule has 9 heteroatoms. The number of nitro benzene ring substituents is 1. The van der Waals surface area contributed by atoms with Crippen molar-refractivity contribution in [2.24, 2.45) is 5.92 Å². The number of carbonyl (C=O) groups excluding carboxylic acids is 2. The number of nitrogens with zero attached hydrogens (tertiary/aromatic N) is 2. The van der Waals surface area contributed by atoms with Crippen molar-refractivity contribution in [1.29, 1.82) is 0 Å². The van der Waals surface area contributed by atoms with Crippen LogP contribution in [0.4, 0.5) is 17.1 Å². The fourth-order valence-electron chi connectivity index (χ4n) is 3.06. The first-order valence-corrected chi connectivity index (χ1v) is 9.01. The fourth-order valence-corrected chi connectivity index (χ4v) is 3.06. The van der Waals surface area contributed by atoms with Crippen molar-refractivity contribution < 1.29 is 24.0 Å². The lowest BCUT2D eigenvalue weighted by molar-refractivity contribution is -0.384. The van der Waals surface area contributed by atoms with Gasteiger partial charge in [0, 0.05) is 12.1 Å². The lowest BCUT2D eigenvalue weighted by atomic mass is 10.0. The maximum atomic E-state index is 12.9. The van der Waals surface area contributed by atoms with Gasteiger partial charge in [0.05, 0.1) is 23.4 Å². The molecule has 0 aromatic heterocycles. The number of anilines is 2. The Hall–Kier alpha value is -3.62. The smallest absolute Gasteiger partial charge is 0.271 e. The van der Waals surface area contributed by atoms with Crippen molar-refractivity contribution in [1.82, 2.24) is 0 Å². The topological polar surface area (TPSA) is 111 Å². The third-order valence-corrected chi connectivity index (χ3v) is 4.50. The van der Waals surface area contributed by atoms with Crippen molar-refractivity contribution in [2.45, 2.75) is 20.0 Å². The first-order chi connectivity index (χ1) is 13.8. The minimum Gasteiger partial charge on any atom is -0.495 e. The Kier molecular flexibility index (Phi) is 5.67. The lowest BCUT2D eigenvalue weighted by Crippen LogP contribution is -2.50. The van der Waals surface area contributed by atoms with Crippen LogP contribution in [0.25, 0.3) is 0 Å². The molecule has 2 aromatic rings. The van der Waals surface area contributed by atoms with E-state index in [0.717, 1.165) is 0 Å². The van der Waals surface area contributed by atoms with E-state index in [2.05, 4.69) is 5.32 Å². The lowest BCUT2D eigenvalue weighted by Gasteiger charge is -2.35. The maximum absolute atomic E-state index is 12.9. The molecule has 3 rings (SSSR count). The van der Waals surface area contributed by atoms with Gasteiger partial charge in [-0.05, 0) is 24.1 Å². The number of hydrogen-bond donors (Lipinski definition) is 1.